The lowest BCUT2D eigenvalue weighted by Crippen LogP contribution is -2.39. The molecule has 0 spiro atoms. The number of pyridine rings is 1. The Bertz CT molecular complexity index is 394. The third-order valence-corrected chi connectivity index (χ3v) is 3.12. The quantitative estimate of drug-likeness (QED) is 0.705. The van der Waals surface area contributed by atoms with Crippen LogP contribution in [0.3, 0.4) is 0 Å². The number of likely N-dealkylation sites (tertiary alicyclic amines) is 1. The number of carbonyl (C=O) groups is 1. The molecule has 16 heavy (non-hydrogen) atoms. The van der Waals surface area contributed by atoms with Crippen molar-refractivity contribution < 1.29 is 4.79 Å². The van der Waals surface area contributed by atoms with Gasteiger partial charge in [0, 0.05) is 24.8 Å². The molecule has 0 saturated carbocycles. The minimum atomic E-state index is 0.0656. The molecule has 0 aromatic carbocycles. The van der Waals surface area contributed by atoms with Crippen molar-refractivity contribution in [1.29, 1.82) is 0 Å². The third-order valence-electron chi connectivity index (χ3n) is 2.92. The summed E-state index contributed by atoms with van der Waals surface area (Å²) in [5.74, 6) is 0.658. The standard InChI is InChI=1S/C12H15ClN2O/c1-9-3-2-6-15(8-9)12(16)10-4-5-14-11(13)7-10/h4-5,7,9H,2-3,6,8H2,1H3/t9-/m1/s1. The first-order chi connectivity index (χ1) is 7.66. The highest BCUT2D eigenvalue weighted by Gasteiger charge is 2.21. The molecule has 1 aromatic rings. The van der Waals surface area contributed by atoms with Gasteiger partial charge in [0.05, 0.1) is 0 Å². The van der Waals surface area contributed by atoms with Crippen LogP contribution in [0.2, 0.25) is 5.15 Å². The largest absolute Gasteiger partial charge is 0.338 e. The molecule has 0 aliphatic carbocycles. The Hall–Kier alpha value is -1.09. The van der Waals surface area contributed by atoms with E-state index in [1.54, 1.807) is 18.3 Å². The Morgan fingerprint density at radius 2 is 2.44 bits per heavy atom. The van der Waals surface area contributed by atoms with Gasteiger partial charge >= 0.3 is 0 Å². The summed E-state index contributed by atoms with van der Waals surface area (Å²) < 4.78 is 0. The molecule has 2 rings (SSSR count). The lowest BCUT2D eigenvalue weighted by molar-refractivity contribution is 0.0683. The van der Waals surface area contributed by atoms with Crippen LogP contribution in [0.5, 0.6) is 0 Å². The van der Waals surface area contributed by atoms with Gasteiger partial charge in [-0.3, -0.25) is 4.79 Å². The molecule has 0 unspecified atom stereocenters. The molecule has 1 saturated heterocycles. The molecule has 1 aliphatic heterocycles. The Balaban J connectivity index is 2.12. The number of piperidine rings is 1. The van der Waals surface area contributed by atoms with Crippen LogP contribution in [0.4, 0.5) is 0 Å². The first kappa shape index (κ1) is 11.4. The Labute approximate surface area is 100 Å². The highest BCUT2D eigenvalue weighted by Crippen LogP contribution is 2.18. The predicted molar refractivity (Wildman–Crippen MR) is 63.5 cm³/mol. The van der Waals surface area contributed by atoms with Crippen molar-refractivity contribution in [2.45, 2.75) is 19.8 Å². The van der Waals surface area contributed by atoms with Crippen LogP contribution in [0.25, 0.3) is 0 Å². The highest BCUT2D eigenvalue weighted by molar-refractivity contribution is 6.29. The molecule has 1 amide bonds. The van der Waals surface area contributed by atoms with E-state index in [2.05, 4.69) is 11.9 Å². The summed E-state index contributed by atoms with van der Waals surface area (Å²) in [6.45, 7) is 3.88. The maximum absolute atomic E-state index is 12.1. The van der Waals surface area contributed by atoms with E-state index >= 15 is 0 Å². The molecule has 4 heteroatoms. The predicted octanol–water partition coefficient (Wildman–Crippen LogP) is 2.61. The van der Waals surface area contributed by atoms with Gasteiger partial charge in [0.2, 0.25) is 0 Å². The molecule has 2 heterocycles. The molecule has 0 radical (unpaired) electrons. The van der Waals surface area contributed by atoms with Gasteiger partial charge in [-0.15, -0.1) is 0 Å². The molecule has 1 aromatic heterocycles. The lowest BCUT2D eigenvalue weighted by Gasteiger charge is -2.30. The molecule has 1 fully saturated rings. The van der Waals surface area contributed by atoms with Crippen LogP contribution in [0.15, 0.2) is 18.3 Å². The Morgan fingerprint density at radius 1 is 1.62 bits per heavy atom. The second-order valence-corrected chi connectivity index (χ2v) is 4.75. The summed E-state index contributed by atoms with van der Waals surface area (Å²) in [6.07, 6.45) is 3.87. The Morgan fingerprint density at radius 3 is 3.12 bits per heavy atom. The monoisotopic (exact) mass is 238 g/mol. The number of hydrogen-bond acceptors (Lipinski definition) is 2. The zero-order valence-electron chi connectivity index (χ0n) is 9.32. The molecule has 3 nitrogen and oxygen atoms in total. The van der Waals surface area contributed by atoms with Crippen molar-refractivity contribution in [2.75, 3.05) is 13.1 Å². The van der Waals surface area contributed by atoms with Crippen molar-refractivity contribution in [3.05, 3.63) is 29.0 Å². The van der Waals surface area contributed by atoms with E-state index in [0.717, 1.165) is 19.5 Å². The van der Waals surface area contributed by atoms with E-state index in [4.69, 9.17) is 11.6 Å². The van der Waals surface area contributed by atoms with Crippen LogP contribution in [-0.4, -0.2) is 28.9 Å². The van der Waals surface area contributed by atoms with Gasteiger partial charge in [0.15, 0.2) is 0 Å². The topological polar surface area (TPSA) is 33.2 Å². The fraction of sp³-hybridized carbons (Fsp3) is 0.500. The smallest absolute Gasteiger partial charge is 0.254 e. The molecule has 0 bridgehead atoms. The molecule has 86 valence electrons. The molecule has 0 N–H and O–H groups in total. The molecule has 1 atom stereocenters. The van der Waals surface area contributed by atoms with Gasteiger partial charge in [-0.1, -0.05) is 18.5 Å². The number of aromatic nitrogens is 1. The minimum absolute atomic E-state index is 0.0656. The summed E-state index contributed by atoms with van der Waals surface area (Å²) in [6, 6.07) is 3.34. The SMILES string of the molecule is C[C@@H]1CCCN(C(=O)c2ccnc(Cl)c2)C1. The number of halogens is 1. The zero-order chi connectivity index (χ0) is 11.5. The van der Waals surface area contributed by atoms with Crippen LogP contribution < -0.4 is 0 Å². The van der Waals surface area contributed by atoms with Gasteiger partial charge in [0.1, 0.15) is 5.15 Å². The average Bonchev–Trinajstić information content (AvgIpc) is 2.28. The van der Waals surface area contributed by atoms with E-state index in [9.17, 15) is 4.79 Å². The van der Waals surface area contributed by atoms with Crippen molar-refractivity contribution in [3.8, 4) is 0 Å². The van der Waals surface area contributed by atoms with E-state index in [0.29, 0.717) is 16.6 Å². The summed E-state index contributed by atoms with van der Waals surface area (Å²) in [4.78, 5) is 17.9. The summed E-state index contributed by atoms with van der Waals surface area (Å²) in [5, 5.41) is 0.371. The minimum Gasteiger partial charge on any atom is -0.338 e. The van der Waals surface area contributed by atoms with Crippen LogP contribution >= 0.6 is 11.6 Å². The maximum atomic E-state index is 12.1. The first-order valence-corrected chi connectivity index (χ1v) is 5.95. The van der Waals surface area contributed by atoms with Gasteiger partial charge in [-0.2, -0.15) is 0 Å². The van der Waals surface area contributed by atoms with Gasteiger partial charge < -0.3 is 4.90 Å². The average molecular weight is 239 g/mol. The van der Waals surface area contributed by atoms with Gasteiger partial charge in [0.25, 0.3) is 5.91 Å². The number of amides is 1. The van der Waals surface area contributed by atoms with E-state index in [-0.39, 0.29) is 5.91 Å². The summed E-state index contributed by atoms with van der Waals surface area (Å²) in [5.41, 5.74) is 0.633. The summed E-state index contributed by atoms with van der Waals surface area (Å²) in [7, 11) is 0. The second-order valence-electron chi connectivity index (χ2n) is 4.37. The van der Waals surface area contributed by atoms with Crippen LogP contribution in [-0.2, 0) is 0 Å². The fourth-order valence-corrected chi connectivity index (χ4v) is 2.27. The maximum Gasteiger partial charge on any atom is 0.254 e. The van der Waals surface area contributed by atoms with E-state index in [1.165, 1.54) is 6.42 Å². The molecular formula is C12H15ClN2O. The highest BCUT2D eigenvalue weighted by atomic mass is 35.5. The zero-order valence-corrected chi connectivity index (χ0v) is 10.1. The van der Waals surface area contributed by atoms with E-state index in [1.807, 2.05) is 4.90 Å². The Kier molecular flexibility index (Phi) is 3.44. The summed E-state index contributed by atoms with van der Waals surface area (Å²) >= 11 is 5.77. The number of rotatable bonds is 1. The van der Waals surface area contributed by atoms with Gasteiger partial charge in [-0.25, -0.2) is 4.98 Å². The van der Waals surface area contributed by atoms with Crippen LogP contribution in [0, 0.1) is 5.92 Å². The third kappa shape index (κ3) is 2.53. The fourth-order valence-electron chi connectivity index (χ4n) is 2.09. The van der Waals surface area contributed by atoms with E-state index < -0.39 is 0 Å². The van der Waals surface area contributed by atoms with Gasteiger partial charge in [-0.05, 0) is 30.9 Å². The van der Waals surface area contributed by atoms with Crippen molar-refractivity contribution in [1.82, 2.24) is 9.88 Å². The van der Waals surface area contributed by atoms with Crippen molar-refractivity contribution >= 4 is 17.5 Å². The van der Waals surface area contributed by atoms with Crippen LogP contribution in [0.1, 0.15) is 30.1 Å². The lowest BCUT2D eigenvalue weighted by atomic mass is 10.00. The first-order valence-electron chi connectivity index (χ1n) is 5.57. The molecular weight excluding hydrogens is 224 g/mol. The number of nitrogens with zero attached hydrogens (tertiary/aromatic N) is 2. The number of carbonyl (C=O) groups excluding carboxylic acids is 1. The molecule has 1 aliphatic rings. The second kappa shape index (κ2) is 4.83. The normalized spacial score (nSPS) is 20.9. The number of hydrogen-bond donors (Lipinski definition) is 0. The van der Waals surface area contributed by atoms with Crippen molar-refractivity contribution in [3.63, 3.8) is 0 Å². The van der Waals surface area contributed by atoms with Crippen molar-refractivity contribution in [2.24, 2.45) is 5.92 Å².